The highest BCUT2D eigenvalue weighted by molar-refractivity contribution is 7.91. The van der Waals surface area contributed by atoms with Crippen LogP contribution in [0.4, 0.5) is 0 Å². The van der Waals surface area contributed by atoms with Crippen molar-refractivity contribution in [3.05, 3.63) is 125 Å². The molecule has 0 bridgehead atoms. The summed E-state index contributed by atoms with van der Waals surface area (Å²) in [6, 6.07) is 28.9. The smallest absolute Gasteiger partial charge is 0.344 e. The molecule has 8 nitrogen and oxygen atoms in total. The number of benzene rings is 4. The number of esters is 1. The van der Waals surface area contributed by atoms with Gasteiger partial charge in [0.2, 0.25) is 9.84 Å². The lowest BCUT2D eigenvalue weighted by Crippen LogP contribution is -2.41. The van der Waals surface area contributed by atoms with Crippen LogP contribution < -0.4 is 4.74 Å². The molecule has 0 saturated carbocycles. The van der Waals surface area contributed by atoms with E-state index in [1.165, 1.54) is 24.3 Å². The Bertz CT molecular complexity index is 1600. The average Bonchev–Trinajstić information content (AvgIpc) is 3.03. The molecule has 2 atom stereocenters. The minimum atomic E-state index is -3.80. The summed E-state index contributed by atoms with van der Waals surface area (Å²) < 4.78 is 36.7. The van der Waals surface area contributed by atoms with Crippen molar-refractivity contribution in [1.29, 1.82) is 0 Å². The van der Waals surface area contributed by atoms with Crippen LogP contribution in [0.25, 0.3) is 0 Å². The van der Waals surface area contributed by atoms with Crippen molar-refractivity contribution in [2.45, 2.75) is 41.8 Å². The number of halogens is 1. The maximum atomic E-state index is 13.3. The molecule has 10 heteroatoms. The molecule has 0 aromatic heterocycles. The Morgan fingerprint density at radius 3 is 2.16 bits per heavy atom. The summed E-state index contributed by atoms with van der Waals surface area (Å²) in [5.41, 5.74) is 2.55. The highest BCUT2D eigenvalue weighted by Crippen LogP contribution is 2.25. The summed E-state index contributed by atoms with van der Waals surface area (Å²) in [7, 11) is -3.80. The van der Waals surface area contributed by atoms with Gasteiger partial charge in [-0.3, -0.25) is 4.90 Å². The average molecular weight is 638 g/mol. The fraction of sp³-hybridized carbons (Fsp3) is 0.265. The lowest BCUT2D eigenvalue weighted by Gasteiger charge is -2.32. The summed E-state index contributed by atoms with van der Waals surface area (Å²) in [4.78, 5) is 13.7. The van der Waals surface area contributed by atoms with Crippen LogP contribution in [0.5, 0.6) is 5.75 Å². The van der Waals surface area contributed by atoms with E-state index in [0.29, 0.717) is 29.3 Å². The summed E-state index contributed by atoms with van der Waals surface area (Å²) in [5, 5.41) is 22.0. The first-order valence-corrected chi connectivity index (χ1v) is 16.1. The molecule has 4 aromatic rings. The highest BCUT2D eigenvalue weighted by atomic mass is 35.5. The minimum absolute atomic E-state index is 0.0889. The molecule has 4 aromatic carbocycles. The third kappa shape index (κ3) is 9.14. The number of nitrogens with zero attached hydrogens (tertiary/aromatic N) is 1. The van der Waals surface area contributed by atoms with Gasteiger partial charge in [-0.05, 0) is 78.6 Å². The van der Waals surface area contributed by atoms with Crippen LogP contribution in [-0.4, -0.2) is 61.9 Å². The molecule has 0 aliphatic rings. The number of rotatable bonds is 15. The number of carbonyl (C=O) groups excluding carboxylic acids is 1. The molecule has 44 heavy (non-hydrogen) atoms. The normalized spacial score (nSPS) is 12.9. The van der Waals surface area contributed by atoms with Gasteiger partial charge in [0.1, 0.15) is 5.75 Å². The quantitative estimate of drug-likeness (QED) is 0.170. The van der Waals surface area contributed by atoms with Crippen molar-refractivity contribution < 1.29 is 32.9 Å². The fourth-order valence-corrected chi connectivity index (χ4v) is 6.24. The molecule has 0 aliphatic heterocycles. The van der Waals surface area contributed by atoms with Crippen LogP contribution >= 0.6 is 11.6 Å². The Morgan fingerprint density at radius 2 is 1.55 bits per heavy atom. The molecule has 0 saturated heterocycles. The molecular formula is C34H36ClNO7S. The van der Waals surface area contributed by atoms with Gasteiger partial charge in [0.15, 0.2) is 6.61 Å². The zero-order valence-corrected chi connectivity index (χ0v) is 26.0. The molecule has 2 unspecified atom stereocenters. The summed E-state index contributed by atoms with van der Waals surface area (Å²) in [6.07, 6.45) is -0.403. The molecule has 4 rings (SSSR count). The van der Waals surface area contributed by atoms with Gasteiger partial charge in [0.05, 0.1) is 29.1 Å². The number of aliphatic hydroxyl groups excluding tert-OH is 2. The number of ether oxygens (including phenoxy) is 2. The van der Waals surface area contributed by atoms with E-state index in [2.05, 4.69) is 0 Å². The Morgan fingerprint density at radius 1 is 0.886 bits per heavy atom. The predicted octanol–water partition coefficient (Wildman–Crippen LogP) is 5.25. The predicted molar refractivity (Wildman–Crippen MR) is 168 cm³/mol. The van der Waals surface area contributed by atoms with Crippen molar-refractivity contribution in [3.63, 3.8) is 0 Å². The van der Waals surface area contributed by atoms with Crippen molar-refractivity contribution in [3.8, 4) is 5.75 Å². The number of aliphatic hydroxyl groups is 2. The first-order chi connectivity index (χ1) is 21.2. The van der Waals surface area contributed by atoms with Crippen molar-refractivity contribution in [2.24, 2.45) is 0 Å². The van der Waals surface area contributed by atoms with E-state index in [-0.39, 0.29) is 42.2 Å². The van der Waals surface area contributed by atoms with Crippen molar-refractivity contribution >= 4 is 27.4 Å². The number of sulfone groups is 1. The number of hydrogen-bond acceptors (Lipinski definition) is 8. The minimum Gasteiger partial charge on any atom is -0.482 e. The second-order valence-electron chi connectivity index (χ2n) is 10.2. The van der Waals surface area contributed by atoms with E-state index >= 15 is 0 Å². The van der Waals surface area contributed by atoms with Gasteiger partial charge in [-0.1, -0.05) is 66.2 Å². The van der Waals surface area contributed by atoms with E-state index < -0.39 is 21.9 Å². The summed E-state index contributed by atoms with van der Waals surface area (Å²) >= 11 is 6.15. The monoisotopic (exact) mass is 637 g/mol. The molecule has 0 spiro atoms. The van der Waals surface area contributed by atoms with E-state index in [1.54, 1.807) is 49.4 Å². The van der Waals surface area contributed by atoms with Gasteiger partial charge < -0.3 is 19.7 Å². The molecule has 2 N–H and O–H groups in total. The number of carbonyl (C=O) groups is 1. The van der Waals surface area contributed by atoms with Gasteiger partial charge in [-0.25, -0.2) is 13.2 Å². The van der Waals surface area contributed by atoms with Gasteiger partial charge in [-0.15, -0.1) is 0 Å². The van der Waals surface area contributed by atoms with Crippen LogP contribution in [0, 0.1) is 0 Å². The van der Waals surface area contributed by atoms with Crippen LogP contribution in [0.2, 0.25) is 5.02 Å². The van der Waals surface area contributed by atoms with E-state index in [1.807, 2.05) is 41.3 Å². The van der Waals surface area contributed by atoms with Gasteiger partial charge in [-0.2, -0.15) is 0 Å². The van der Waals surface area contributed by atoms with Crippen LogP contribution in [-0.2, 0) is 32.3 Å². The third-order valence-corrected chi connectivity index (χ3v) is 9.12. The van der Waals surface area contributed by atoms with Crippen molar-refractivity contribution in [1.82, 2.24) is 4.90 Å². The fourth-order valence-electron chi connectivity index (χ4n) is 4.78. The topological polar surface area (TPSA) is 113 Å². The standard InChI is InChI=1S/C34H36ClNO7S/c1-2-42-34(39)24-43-30-13-17-32(18-14-30)44(40,41)31-15-11-25(12-16-31)19-29(23-37)36(21-26-7-4-3-5-8-26)22-33(38)27-9-6-10-28(35)20-27/h3-18,20,29,33,37-38H,2,19,21-24H2,1H3. The Kier molecular flexibility index (Phi) is 11.9. The Balaban J connectivity index is 1.47. The van der Waals surface area contributed by atoms with Gasteiger partial charge >= 0.3 is 5.97 Å². The summed E-state index contributed by atoms with van der Waals surface area (Å²) in [5.74, 6) is -0.156. The highest BCUT2D eigenvalue weighted by Gasteiger charge is 2.24. The Hall–Kier alpha value is -3.73. The van der Waals surface area contributed by atoms with Crippen LogP contribution in [0.3, 0.4) is 0 Å². The van der Waals surface area contributed by atoms with Crippen LogP contribution in [0.1, 0.15) is 29.7 Å². The number of hydrogen-bond donors (Lipinski definition) is 2. The molecule has 0 fully saturated rings. The second-order valence-corrected chi connectivity index (χ2v) is 12.6. The largest absolute Gasteiger partial charge is 0.482 e. The second kappa shape index (κ2) is 15.8. The maximum Gasteiger partial charge on any atom is 0.344 e. The molecular weight excluding hydrogens is 602 g/mol. The zero-order chi connectivity index (χ0) is 31.5. The SMILES string of the molecule is CCOC(=O)COc1ccc(S(=O)(=O)c2ccc(CC(CO)N(Cc3ccccc3)CC(O)c3cccc(Cl)c3)cc2)cc1. The van der Waals surface area contributed by atoms with Gasteiger partial charge in [0.25, 0.3) is 0 Å². The molecule has 0 heterocycles. The first kappa shape index (κ1) is 33.2. The van der Waals surface area contributed by atoms with Crippen LogP contribution in [0.15, 0.2) is 113 Å². The van der Waals surface area contributed by atoms with E-state index in [0.717, 1.165) is 11.1 Å². The molecule has 0 aliphatic carbocycles. The van der Waals surface area contributed by atoms with E-state index in [9.17, 15) is 23.4 Å². The third-order valence-electron chi connectivity index (χ3n) is 7.10. The molecule has 232 valence electrons. The molecule has 0 amide bonds. The lowest BCUT2D eigenvalue weighted by atomic mass is 10.0. The van der Waals surface area contributed by atoms with Crippen molar-refractivity contribution in [2.75, 3.05) is 26.4 Å². The zero-order valence-electron chi connectivity index (χ0n) is 24.4. The van der Waals surface area contributed by atoms with Gasteiger partial charge in [0, 0.05) is 24.2 Å². The van der Waals surface area contributed by atoms with E-state index in [4.69, 9.17) is 21.1 Å². The maximum absolute atomic E-state index is 13.3. The first-order valence-electron chi connectivity index (χ1n) is 14.2. The lowest BCUT2D eigenvalue weighted by molar-refractivity contribution is -0.145. The molecule has 0 radical (unpaired) electrons. The summed E-state index contributed by atoms with van der Waals surface area (Å²) in [6.45, 7) is 2.27. The Labute approximate surface area is 263 Å².